The Labute approximate surface area is 183 Å². The van der Waals surface area contributed by atoms with Gasteiger partial charge in [-0.2, -0.15) is 0 Å². The molecule has 2 aromatic carbocycles. The van der Waals surface area contributed by atoms with Gasteiger partial charge in [0.15, 0.2) is 0 Å². The first-order chi connectivity index (χ1) is 14.7. The average Bonchev–Trinajstić information content (AvgIpc) is 3.17. The van der Waals surface area contributed by atoms with Crippen molar-refractivity contribution in [1.29, 1.82) is 0 Å². The number of fused-ring (bicyclic) bond motifs is 3. The van der Waals surface area contributed by atoms with E-state index in [1.807, 2.05) is 36.4 Å². The van der Waals surface area contributed by atoms with Crippen molar-refractivity contribution in [3.8, 4) is 11.5 Å². The number of H-pyrrole nitrogens is 1. The highest BCUT2D eigenvalue weighted by atomic mass is 79.9. The van der Waals surface area contributed by atoms with Crippen LogP contribution >= 0.6 is 15.9 Å². The highest BCUT2D eigenvalue weighted by Crippen LogP contribution is 2.39. The molecule has 2 N–H and O–H groups in total. The molecule has 0 aliphatic carbocycles. The van der Waals surface area contributed by atoms with Gasteiger partial charge in [-0.25, -0.2) is 0 Å². The van der Waals surface area contributed by atoms with Crippen molar-refractivity contribution < 1.29 is 9.47 Å². The van der Waals surface area contributed by atoms with Crippen molar-refractivity contribution in [2.45, 2.75) is 19.1 Å². The molecule has 0 saturated carbocycles. The Hall–Kier alpha value is -2.83. The summed E-state index contributed by atoms with van der Waals surface area (Å²) in [4.78, 5) is 8.00. The average molecular weight is 464 g/mol. The number of pyridine rings is 1. The third-order valence-electron chi connectivity index (χ3n) is 5.54. The quantitative estimate of drug-likeness (QED) is 0.429. The number of benzene rings is 2. The van der Waals surface area contributed by atoms with Crippen LogP contribution in [0.4, 0.5) is 0 Å². The van der Waals surface area contributed by atoms with E-state index < -0.39 is 0 Å². The smallest absolute Gasteiger partial charge is 0.130 e. The van der Waals surface area contributed by atoms with E-state index in [9.17, 15) is 0 Å². The summed E-state index contributed by atoms with van der Waals surface area (Å²) in [5.74, 6) is 1.73. The summed E-state index contributed by atoms with van der Waals surface area (Å²) < 4.78 is 12.7. The van der Waals surface area contributed by atoms with E-state index in [2.05, 4.69) is 49.4 Å². The molecule has 0 spiro atoms. The Balaban J connectivity index is 1.54. The Morgan fingerprint density at radius 2 is 2.07 bits per heavy atom. The first-order valence-corrected chi connectivity index (χ1v) is 10.8. The van der Waals surface area contributed by atoms with E-state index in [1.54, 1.807) is 13.3 Å². The number of hydrogen-bond donors (Lipinski definition) is 2. The molecular formula is C24H22BrN3O2. The van der Waals surface area contributed by atoms with E-state index >= 15 is 0 Å². The Kier molecular flexibility index (Phi) is 5.19. The van der Waals surface area contributed by atoms with Gasteiger partial charge in [0, 0.05) is 39.4 Å². The number of nitrogens with one attached hydrogen (secondary N) is 2. The molecule has 0 amide bonds. The van der Waals surface area contributed by atoms with Crippen LogP contribution in [0.3, 0.4) is 0 Å². The van der Waals surface area contributed by atoms with Gasteiger partial charge in [0.25, 0.3) is 0 Å². The zero-order valence-corrected chi connectivity index (χ0v) is 18.2. The van der Waals surface area contributed by atoms with E-state index in [-0.39, 0.29) is 6.04 Å². The van der Waals surface area contributed by atoms with Gasteiger partial charge < -0.3 is 19.8 Å². The molecule has 1 aliphatic heterocycles. The van der Waals surface area contributed by atoms with Gasteiger partial charge in [0.05, 0.1) is 18.8 Å². The first kappa shape index (κ1) is 19.2. The van der Waals surface area contributed by atoms with Crippen molar-refractivity contribution in [3.05, 3.63) is 87.8 Å². The minimum atomic E-state index is 0.0170. The molecule has 0 fully saturated rings. The monoisotopic (exact) mass is 463 g/mol. The molecule has 1 unspecified atom stereocenters. The Morgan fingerprint density at radius 3 is 2.90 bits per heavy atom. The maximum absolute atomic E-state index is 6.20. The fourth-order valence-corrected chi connectivity index (χ4v) is 4.49. The van der Waals surface area contributed by atoms with Crippen LogP contribution in [0, 0.1) is 0 Å². The van der Waals surface area contributed by atoms with Crippen molar-refractivity contribution in [2.75, 3.05) is 13.7 Å². The first-order valence-electron chi connectivity index (χ1n) is 9.97. The van der Waals surface area contributed by atoms with E-state index in [1.165, 1.54) is 16.6 Å². The number of hydrogen-bond acceptors (Lipinski definition) is 4. The van der Waals surface area contributed by atoms with Gasteiger partial charge in [-0.3, -0.25) is 4.98 Å². The normalized spacial score (nSPS) is 15.7. The third kappa shape index (κ3) is 3.57. The molecular weight excluding hydrogens is 442 g/mol. The molecule has 1 atom stereocenters. The van der Waals surface area contributed by atoms with Gasteiger partial charge in [0.1, 0.15) is 18.1 Å². The molecule has 2 aromatic heterocycles. The second kappa shape index (κ2) is 8.13. The van der Waals surface area contributed by atoms with Crippen LogP contribution in [-0.4, -0.2) is 23.6 Å². The number of ether oxygens (including phenoxy) is 2. The van der Waals surface area contributed by atoms with Crippen LogP contribution < -0.4 is 14.8 Å². The summed E-state index contributed by atoms with van der Waals surface area (Å²) in [6.07, 6.45) is 2.76. The fraction of sp³-hybridized carbons (Fsp3) is 0.208. The van der Waals surface area contributed by atoms with Crippen molar-refractivity contribution in [1.82, 2.24) is 15.3 Å². The Morgan fingerprint density at radius 1 is 1.13 bits per heavy atom. The molecule has 6 heteroatoms. The zero-order valence-electron chi connectivity index (χ0n) is 16.6. The van der Waals surface area contributed by atoms with Crippen molar-refractivity contribution in [3.63, 3.8) is 0 Å². The number of methoxy groups -OCH3 is 1. The minimum Gasteiger partial charge on any atom is -0.497 e. The summed E-state index contributed by atoms with van der Waals surface area (Å²) in [5.41, 5.74) is 5.65. The van der Waals surface area contributed by atoms with Gasteiger partial charge in [0.2, 0.25) is 0 Å². The molecule has 0 radical (unpaired) electrons. The summed E-state index contributed by atoms with van der Waals surface area (Å²) in [6, 6.07) is 18.2. The summed E-state index contributed by atoms with van der Waals surface area (Å²) in [5, 5.41) is 4.89. The Bertz CT molecular complexity index is 1190. The standard InChI is InChI=1S/C24H22BrN3O2/c1-29-17-6-7-21-19(13-17)18-9-11-27-23(24(18)28-21)20-12-15(25)5-8-22(20)30-14-16-4-2-3-10-26-16/h2-8,10,12-13,23,27-28H,9,11,14H2,1H3. The molecule has 3 heterocycles. The van der Waals surface area contributed by atoms with Crippen molar-refractivity contribution in [2.24, 2.45) is 0 Å². The molecule has 1 aliphatic rings. The molecule has 152 valence electrons. The van der Waals surface area contributed by atoms with Crippen LogP contribution in [0.25, 0.3) is 10.9 Å². The zero-order chi connectivity index (χ0) is 20.5. The predicted molar refractivity (Wildman–Crippen MR) is 121 cm³/mol. The highest BCUT2D eigenvalue weighted by Gasteiger charge is 2.28. The minimum absolute atomic E-state index is 0.0170. The van der Waals surface area contributed by atoms with E-state index in [0.29, 0.717) is 6.61 Å². The summed E-state index contributed by atoms with van der Waals surface area (Å²) >= 11 is 3.63. The second-order valence-electron chi connectivity index (χ2n) is 7.36. The number of rotatable bonds is 5. The van der Waals surface area contributed by atoms with Crippen LogP contribution in [0.5, 0.6) is 11.5 Å². The van der Waals surface area contributed by atoms with Gasteiger partial charge in [-0.1, -0.05) is 22.0 Å². The summed E-state index contributed by atoms with van der Waals surface area (Å²) in [6.45, 7) is 1.33. The van der Waals surface area contributed by atoms with Gasteiger partial charge >= 0.3 is 0 Å². The topological polar surface area (TPSA) is 59.2 Å². The number of halogens is 1. The van der Waals surface area contributed by atoms with E-state index in [0.717, 1.165) is 45.7 Å². The summed E-state index contributed by atoms with van der Waals surface area (Å²) in [7, 11) is 1.71. The lowest BCUT2D eigenvalue weighted by Gasteiger charge is -2.26. The van der Waals surface area contributed by atoms with Crippen LogP contribution in [0.2, 0.25) is 0 Å². The van der Waals surface area contributed by atoms with Crippen molar-refractivity contribution >= 4 is 26.8 Å². The van der Waals surface area contributed by atoms with E-state index in [4.69, 9.17) is 9.47 Å². The lowest BCUT2D eigenvalue weighted by atomic mass is 9.94. The van der Waals surface area contributed by atoms with Crippen LogP contribution in [0.1, 0.15) is 28.6 Å². The molecule has 4 aromatic rings. The maximum atomic E-state index is 6.20. The fourth-order valence-electron chi connectivity index (χ4n) is 4.11. The largest absolute Gasteiger partial charge is 0.497 e. The molecule has 5 nitrogen and oxygen atoms in total. The molecule has 0 saturated heterocycles. The van der Waals surface area contributed by atoms with Crippen LogP contribution in [0.15, 0.2) is 65.3 Å². The number of aromatic nitrogens is 2. The lowest BCUT2D eigenvalue weighted by Crippen LogP contribution is -2.30. The molecule has 0 bridgehead atoms. The third-order valence-corrected chi connectivity index (χ3v) is 6.04. The maximum Gasteiger partial charge on any atom is 0.130 e. The number of nitrogens with zero attached hydrogens (tertiary/aromatic N) is 1. The number of aromatic amines is 1. The molecule has 30 heavy (non-hydrogen) atoms. The van der Waals surface area contributed by atoms with Crippen LogP contribution in [-0.2, 0) is 13.0 Å². The lowest BCUT2D eigenvalue weighted by molar-refractivity contribution is 0.295. The molecule has 5 rings (SSSR count). The second-order valence-corrected chi connectivity index (χ2v) is 8.27. The predicted octanol–water partition coefficient (Wildman–Crippen LogP) is 5.15. The highest BCUT2D eigenvalue weighted by molar-refractivity contribution is 9.10. The van der Waals surface area contributed by atoms with Gasteiger partial charge in [-0.05, 0) is 60.5 Å². The van der Waals surface area contributed by atoms with Gasteiger partial charge in [-0.15, -0.1) is 0 Å². The SMILES string of the molecule is COc1ccc2[nH]c3c(c2c1)CCNC3c1cc(Br)ccc1OCc1ccccn1.